The van der Waals surface area contributed by atoms with E-state index in [1.54, 1.807) is 0 Å². The van der Waals surface area contributed by atoms with Crippen LogP contribution in [0, 0.1) is 0 Å². The summed E-state index contributed by atoms with van der Waals surface area (Å²) < 4.78 is 19.4. The molecule has 1 heterocycles. The molecule has 0 atom stereocenters. The van der Waals surface area contributed by atoms with Crippen LogP contribution in [-0.4, -0.2) is 43.8 Å². The van der Waals surface area contributed by atoms with E-state index < -0.39 is 24.6 Å². The van der Waals surface area contributed by atoms with Crippen molar-refractivity contribution in [2.24, 2.45) is 5.73 Å². The Morgan fingerprint density at radius 2 is 1.86 bits per heavy atom. The van der Waals surface area contributed by atoms with Crippen LogP contribution in [-0.2, 0) is 19.1 Å². The van der Waals surface area contributed by atoms with Crippen molar-refractivity contribution in [2.75, 3.05) is 21.0 Å². The average Bonchev–Trinajstić information content (AvgIpc) is 2.52. The standard InChI is InChI=1S/C13H16N2O7/c1-19-8-5-6-15-11(13(14)18)12(8)22-7-21-10(17)4-3-9(16)20-2/h5-6H,3-4,7H2,1-2H3,(H2,14,18). The maximum atomic E-state index is 11.4. The van der Waals surface area contributed by atoms with E-state index in [9.17, 15) is 14.4 Å². The SMILES string of the molecule is COC(=O)CCC(=O)OCOc1c(OC)ccnc1C(N)=O. The molecule has 0 bridgehead atoms. The molecule has 0 aromatic carbocycles. The predicted octanol–water partition coefficient (Wildman–Crippen LogP) is 0.0218. The number of carbonyl (C=O) groups is 3. The third-order valence-corrected chi connectivity index (χ3v) is 2.51. The minimum absolute atomic E-state index is 0.0294. The van der Waals surface area contributed by atoms with Crippen molar-refractivity contribution in [3.63, 3.8) is 0 Å². The number of nitrogens with zero attached hydrogens (tertiary/aromatic N) is 1. The zero-order chi connectivity index (χ0) is 16.5. The van der Waals surface area contributed by atoms with Crippen molar-refractivity contribution in [1.29, 1.82) is 0 Å². The lowest BCUT2D eigenvalue weighted by molar-refractivity contribution is -0.153. The molecule has 1 amide bonds. The topological polar surface area (TPSA) is 127 Å². The first-order valence-corrected chi connectivity index (χ1v) is 6.17. The van der Waals surface area contributed by atoms with Gasteiger partial charge in [-0.15, -0.1) is 0 Å². The van der Waals surface area contributed by atoms with Crippen molar-refractivity contribution in [3.05, 3.63) is 18.0 Å². The Kier molecular flexibility index (Phi) is 6.61. The number of methoxy groups -OCH3 is 2. The smallest absolute Gasteiger partial charge is 0.309 e. The number of carbonyl (C=O) groups excluding carboxylic acids is 3. The first-order valence-electron chi connectivity index (χ1n) is 6.17. The maximum Gasteiger partial charge on any atom is 0.309 e. The highest BCUT2D eigenvalue weighted by atomic mass is 16.7. The van der Waals surface area contributed by atoms with Gasteiger partial charge in [-0.05, 0) is 0 Å². The molecule has 0 radical (unpaired) electrons. The zero-order valence-electron chi connectivity index (χ0n) is 12.2. The average molecular weight is 312 g/mol. The zero-order valence-corrected chi connectivity index (χ0v) is 12.2. The summed E-state index contributed by atoms with van der Waals surface area (Å²) in [5.74, 6) is -1.81. The minimum atomic E-state index is -0.814. The van der Waals surface area contributed by atoms with Crippen LogP contribution in [0.3, 0.4) is 0 Å². The highest BCUT2D eigenvalue weighted by Gasteiger charge is 2.17. The largest absolute Gasteiger partial charge is 0.493 e. The number of hydrogen-bond donors (Lipinski definition) is 1. The molecule has 1 rings (SSSR count). The van der Waals surface area contributed by atoms with E-state index in [2.05, 4.69) is 9.72 Å². The molecule has 9 heteroatoms. The molecule has 1 aromatic heterocycles. The molecule has 9 nitrogen and oxygen atoms in total. The molecule has 22 heavy (non-hydrogen) atoms. The van der Waals surface area contributed by atoms with E-state index >= 15 is 0 Å². The quantitative estimate of drug-likeness (QED) is 0.525. The van der Waals surface area contributed by atoms with Gasteiger partial charge in [0.1, 0.15) is 0 Å². The molecule has 120 valence electrons. The molecule has 1 aromatic rings. The van der Waals surface area contributed by atoms with Gasteiger partial charge in [-0.25, -0.2) is 4.98 Å². The monoisotopic (exact) mass is 312 g/mol. The lowest BCUT2D eigenvalue weighted by Gasteiger charge is -2.12. The van der Waals surface area contributed by atoms with E-state index in [0.29, 0.717) is 0 Å². The van der Waals surface area contributed by atoms with Crippen LogP contribution in [0.5, 0.6) is 11.5 Å². The first kappa shape index (κ1) is 17.2. The number of nitrogens with two attached hydrogens (primary N) is 1. The summed E-state index contributed by atoms with van der Waals surface area (Å²) >= 11 is 0. The van der Waals surface area contributed by atoms with E-state index in [1.165, 1.54) is 26.5 Å². The van der Waals surface area contributed by atoms with E-state index in [-0.39, 0.29) is 30.0 Å². The van der Waals surface area contributed by atoms with Crippen molar-refractivity contribution >= 4 is 17.8 Å². The van der Waals surface area contributed by atoms with Crippen LogP contribution >= 0.6 is 0 Å². The van der Waals surface area contributed by atoms with Crippen molar-refractivity contribution in [3.8, 4) is 11.5 Å². The van der Waals surface area contributed by atoms with Crippen molar-refractivity contribution in [1.82, 2.24) is 4.98 Å². The van der Waals surface area contributed by atoms with Gasteiger partial charge in [0, 0.05) is 12.3 Å². The van der Waals surface area contributed by atoms with Crippen LogP contribution in [0.1, 0.15) is 23.3 Å². The van der Waals surface area contributed by atoms with Gasteiger partial charge in [0.25, 0.3) is 5.91 Å². The Morgan fingerprint density at radius 1 is 1.18 bits per heavy atom. The number of rotatable bonds is 8. The molecule has 0 aliphatic rings. The van der Waals surface area contributed by atoms with Gasteiger partial charge in [-0.3, -0.25) is 14.4 Å². The Morgan fingerprint density at radius 3 is 2.45 bits per heavy atom. The Balaban J connectivity index is 2.59. The number of primary amides is 1. The normalized spacial score (nSPS) is 9.73. The maximum absolute atomic E-state index is 11.4. The number of esters is 2. The Hall–Kier alpha value is -2.84. The lowest BCUT2D eigenvalue weighted by atomic mass is 10.3. The molecule has 0 aliphatic heterocycles. The minimum Gasteiger partial charge on any atom is -0.493 e. The Labute approximate surface area is 126 Å². The molecule has 2 N–H and O–H groups in total. The van der Waals surface area contributed by atoms with Gasteiger partial charge in [-0.2, -0.15) is 0 Å². The molecular weight excluding hydrogens is 296 g/mol. The molecule has 0 saturated heterocycles. The second kappa shape index (κ2) is 8.45. The van der Waals surface area contributed by atoms with Gasteiger partial charge < -0.3 is 24.7 Å². The Bertz CT molecular complexity index is 559. The summed E-state index contributed by atoms with van der Waals surface area (Å²) in [6.45, 7) is -0.484. The summed E-state index contributed by atoms with van der Waals surface area (Å²) in [6.07, 6.45) is 1.08. The fourth-order valence-corrected chi connectivity index (χ4v) is 1.44. The van der Waals surface area contributed by atoms with Gasteiger partial charge >= 0.3 is 11.9 Å². The van der Waals surface area contributed by atoms with Crippen LogP contribution in [0.4, 0.5) is 0 Å². The summed E-state index contributed by atoms with van der Waals surface area (Å²) in [7, 11) is 2.59. The number of amides is 1. The highest BCUT2D eigenvalue weighted by Crippen LogP contribution is 2.29. The summed E-state index contributed by atoms with van der Waals surface area (Å²) in [5.41, 5.74) is 5.02. The fourth-order valence-electron chi connectivity index (χ4n) is 1.44. The second-order valence-corrected chi connectivity index (χ2v) is 3.91. The third-order valence-electron chi connectivity index (χ3n) is 2.51. The predicted molar refractivity (Wildman–Crippen MR) is 72.1 cm³/mol. The van der Waals surface area contributed by atoms with E-state index in [4.69, 9.17) is 19.9 Å². The molecule has 0 unspecified atom stereocenters. The first-order chi connectivity index (χ1) is 10.5. The number of ether oxygens (including phenoxy) is 4. The van der Waals surface area contributed by atoms with Gasteiger partial charge in [0.05, 0.1) is 27.1 Å². The van der Waals surface area contributed by atoms with E-state index in [0.717, 1.165) is 0 Å². The van der Waals surface area contributed by atoms with Crippen LogP contribution in [0.25, 0.3) is 0 Å². The van der Waals surface area contributed by atoms with Crippen molar-refractivity contribution < 1.29 is 33.3 Å². The number of pyridine rings is 1. The van der Waals surface area contributed by atoms with Crippen LogP contribution in [0.2, 0.25) is 0 Å². The molecule has 0 saturated carbocycles. The lowest BCUT2D eigenvalue weighted by Crippen LogP contribution is -2.18. The fraction of sp³-hybridized carbons (Fsp3) is 0.385. The number of hydrogen-bond acceptors (Lipinski definition) is 8. The van der Waals surface area contributed by atoms with Gasteiger partial charge in [0.2, 0.25) is 6.79 Å². The summed E-state index contributed by atoms with van der Waals surface area (Å²) in [6, 6.07) is 1.46. The molecule has 0 aliphatic carbocycles. The molecule has 0 fully saturated rings. The summed E-state index contributed by atoms with van der Waals surface area (Å²) in [5, 5.41) is 0. The van der Waals surface area contributed by atoms with Crippen LogP contribution < -0.4 is 15.2 Å². The van der Waals surface area contributed by atoms with Crippen molar-refractivity contribution in [2.45, 2.75) is 12.8 Å². The summed E-state index contributed by atoms with van der Waals surface area (Å²) in [4.78, 5) is 37.3. The number of aromatic nitrogens is 1. The third kappa shape index (κ3) is 4.93. The van der Waals surface area contributed by atoms with Gasteiger partial charge in [0.15, 0.2) is 17.2 Å². The van der Waals surface area contributed by atoms with Gasteiger partial charge in [-0.1, -0.05) is 0 Å². The second-order valence-electron chi connectivity index (χ2n) is 3.91. The van der Waals surface area contributed by atoms with Crippen LogP contribution in [0.15, 0.2) is 12.3 Å². The molecule has 0 spiro atoms. The highest BCUT2D eigenvalue weighted by molar-refractivity contribution is 5.94. The molecular formula is C13H16N2O7. The van der Waals surface area contributed by atoms with E-state index in [1.807, 2.05) is 0 Å².